The Morgan fingerprint density at radius 2 is 1.54 bits per heavy atom. The predicted molar refractivity (Wildman–Crippen MR) is 149 cm³/mol. The molecule has 5 aromatic rings. The van der Waals surface area contributed by atoms with Crippen LogP contribution in [0, 0.1) is 12.7 Å². The van der Waals surface area contributed by atoms with Crippen molar-refractivity contribution in [2.75, 3.05) is 16.0 Å². The number of halogens is 1. The monoisotopic (exact) mass is 493 g/mol. The molecule has 5 rings (SSSR count). The molecule has 0 saturated carbocycles. The molecule has 3 aromatic carbocycles. The average Bonchev–Trinajstić information content (AvgIpc) is 2.93. The Bertz CT molecular complexity index is 1520. The van der Waals surface area contributed by atoms with Gasteiger partial charge in [0.2, 0.25) is 0 Å². The zero-order valence-electron chi connectivity index (χ0n) is 20.9. The Hall–Kier alpha value is -4.78. The molecular formula is C30H28FN5O. The SMILES string of the molecule is CC.Cc1ccc(Nc2ccncc2)cc1NC(=O)c1cccc(Nc2ccnc3ccc(F)cc23)c1. The Labute approximate surface area is 215 Å². The van der Waals surface area contributed by atoms with Gasteiger partial charge in [0.05, 0.1) is 5.52 Å². The molecule has 0 aliphatic carbocycles. The van der Waals surface area contributed by atoms with Crippen LogP contribution in [-0.2, 0) is 0 Å². The predicted octanol–water partition coefficient (Wildman–Crippen LogP) is 7.84. The van der Waals surface area contributed by atoms with Gasteiger partial charge in [0.1, 0.15) is 5.82 Å². The largest absolute Gasteiger partial charge is 0.355 e. The van der Waals surface area contributed by atoms with Gasteiger partial charge in [-0.2, -0.15) is 0 Å². The molecule has 1 amide bonds. The minimum atomic E-state index is -0.335. The van der Waals surface area contributed by atoms with Crippen LogP contribution in [0.3, 0.4) is 0 Å². The lowest BCUT2D eigenvalue weighted by molar-refractivity contribution is 0.102. The third kappa shape index (κ3) is 6.27. The van der Waals surface area contributed by atoms with E-state index in [0.717, 1.165) is 16.9 Å². The molecule has 2 heterocycles. The zero-order valence-corrected chi connectivity index (χ0v) is 20.9. The van der Waals surface area contributed by atoms with Gasteiger partial charge >= 0.3 is 0 Å². The summed E-state index contributed by atoms with van der Waals surface area (Å²) in [5.74, 6) is -0.568. The van der Waals surface area contributed by atoms with E-state index in [1.165, 1.54) is 12.1 Å². The fourth-order valence-electron chi connectivity index (χ4n) is 3.75. The lowest BCUT2D eigenvalue weighted by Crippen LogP contribution is -2.13. The first-order valence-corrected chi connectivity index (χ1v) is 12.1. The van der Waals surface area contributed by atoms with Crippen molar-refractivity contribution in [2.24, 2.45) is 0 Å². The number of benzene rings is 3. The van der Waals surface area contributed by atoms with Crippen LogP contribution in [-0.4, -0.2) is 15.9 Å². The number of pyridine rings is 2. The molecule has 7 heteroatoms. The fourth-order valence-corrected chi connectivity index (χ4v) is 3.75. The Morgan fingerprint density at radius 1 is 0.757 bits per heavy atom. The van der Waals surface area contributed by atoms with Gasteiger partial charge in [-0.25, -0.2) is 4.39 Å². The Balaban J connectivity index is 0.00000156. The highest BCUT2D eigenvalue weighted by Gasteiger charge is 2.11. The van der Waals surface area contributed by atoms with Crippen molar-refractivity contribution in [2.45, 2.75) is 20.8 Å². The molecule has 0 aliphatic heterocycles. The van der Waals surface area contributed by atoms with Crippen LogP contribution >= 0.6 is 0 Å². The molecule has 2 aromatic heterocycles. The van der Waals surface area contributed by atoms with E-state index in [-0.39, 0.29) is 11.7 Å². The molecule has 0 fully saturated rings. The molecule has 186 valence electrons. The van der Waals surface area contributed by atoms with E-state index in [1.54, 1.807) is 48.9 Å². The van der Waals surface area contributed by atoms with E-state index in [4.69, 9.17) is 0 Å². The summed E-state index contributed by atoms with van der Waals surface area (Å²) in [5.41, 5.74) is 6.00. The van der Waals surface area contributed by atoms with Gasteiger partial charge in [-0.3, -0.25) is 14.8 Å². The topological polar surface area (TPSA) is 78.9 Å². The van der Waals surface area contributed by atoms with Crippen LogP contribution in [0.15, 0.2) is 97.5 Å². The smallest absolute Gasteiger partial charge is 0.255 e. The summed E-state index contributed by atoms with van der Waals surface area (Å²) < 4.78 is 13.8. The Kier molecular flexibility index (Phi) is 8.05. The van der Waals surface area contributed by atoms with E-state index in [0.29, 0.717) is 33.5 Å². The van der Waals surface area contributed by atoms with E-state index in [2.05, 4.69) is 25.9 Å². The minimum absolute atomic E-state index is 0.233. The number of hydrogen-bond acceptors (Lipinski definition) is 5. The van der Waals surface area contributed by atoms with Crippen molar-refractivity contribution < 1.29 is 9.18 Å². The van der Waals surface area contributed by atoms with Crippen LogP contribution in [0.4, 0.5) is 32.8 Å². The number of carbonyl (C=O) groups excluding carboxylic acids is 1. The highest BCUT2D eigenvalue weighted by Crippen LogP contribution is 2.27. The van der Waals surface area contributed by atoms with E-state index < -0.39 is 0 Å². The third-order valence-corrected chi connectivity index (χ3v) is 5.56. The van der Waals surface area contributed by atoms with Gasteiger partial charge in [-0.05, 0) is 79.2 Å². The summed E-state index contributed by atoms with van der Waals surface area (Å²) in [6.45, 7) is 5.94. The summed E-state index contributed by atoms with van der Waals surface area (Å²) in [6.07, 6.45) is 5.09. The van der Waals surface area contributed by atoms with Gasteiger partial charge in [-0.15, -0.1) is 0 Å². The van der Waals surface area contributed by atoms with Gasteiger partial charge in [0.15, 0.2) is 0 Å². The first kappa shape index (κ1) is 25.3. The summed E-state index contributed by atoms with van der Waals surface area (Å²) >= 11 is 0. The maximum absolute atomic E-state index is 13.8. The zero-order chi connectivity index (χ0) is 26.2. The summed E-state index contributed by atoms with van der Waals surface area (Å²) in [4.78, 5) is 21.4. The highest BCUT2D eigenvalue weighted by molar-refractivity contribution is 6.05. The number of aromatic nitrogens is 2. The highest BCUT2D eigenvalue weighted by atomic mass is 19.1. The first-order chi connectivity index (χ1) is 18.0. The molecule has 0 radical (unpaired) electrons. The number of amides is 1. The van der Waals surface area contributed by atoms with Crippen molar-refractivity contribution in [3.05, 3.63) is 114 Å². The molecule has 0 bridgehead atoms. The fraction of sp³-hybridized carbons (Fsp3) is 0.100. The average molecular weight is 494 g/mol. The van der Waals surface area contributed by atoms with Crippen molar-refractivity contribution in [3.63, 3.8) is 0 Å². The second kappa shape index (κ2) is 11.8. The summed E-state index contributed by atoms with van der Waals surface area (Å²) in [6, 6.07) is 22.9. The maximum Gasteiger partial charge on any atom is 0.255 e. The van der Waals surface area contributed by atoms with E-state index >= 15 is 0 Å². The number of anilines is 5. The van der Waals surface area contributed by atoms with Crippen molar-refractivity contribution in [1.29, 1.82) is 0 Å². The quantitative estimate of drug-likeness (QED) is 0.225. The minimum Gasteiger partial charge on any atom is -0.355 e. The molecule has 0 spiro atoms. The normalized spacial score (nSPS) is 10.3. The lowest BCUT2D eigenvalue weighted by atomic mass is 10.1. The van der Waals surface area contributed by atoms with Crippen LogP contribution in [0.2, 0.25) is 0 Å². The second-order valence-electron chi connectivity index (χ2n) is 8.07. The number of rotatable bonds is 6. The van der Waals surface area contributed by atoms with Crippen molar-refractivity contribution in [3.8, 4) is 0 Å². The molecule has 3 N–H and O–H groups in total. The van der Waals surface area contributed by atoms with Crippen LogP contribution in [0.1, 0.15) is 29.8 Å². The number of nitrogens with one attached hydrogen (secondary N) is 3. The van der Waals surface area contributed by atoms with Crippen LogP contribution in [0.25, 0.3) is 10.9 Å². The molecule has 0 aliphatic rings. The molecule has 0 atom stereocenters. The first-order valence-electron chi connectivity index (χ1n) is 12.1. The van der Waals surface area contributed by atoms with Gasteiger partial charge in [-0.1, -0.05) is 26.0 Å². The number of nitrogens with zero attached hydrogens (tertiary/aromatic N) is 2. The maximum atomic E-state index is 13.8. The van der Waals surface area contributed by atoms with E-state index in [9.17, 15) is 9.18 Å². The summed E-state index contributed by atoms with van der Waals surface area (Å²) in [7, 11) is 0. The molecule has 0 saturated heterocycles. The number of hydrogen-bond donors (Lipinski definition) is 3. The van der Waals surface area contributed by atoms with E-state index in [1.807, 2.05) is 57.2 Å². The number of fused-ring (bicyclic) bond motifs is 1. The second-order valence-corrected chi connectivity index (χ2v) is 8.07. The summed E-state index contributed by atoms with van der Waals surface area (Å²) in [5, 5.41) is 10.3. The Morgan fingerprint density at radius 3 is 2.35 bits per heavy atom. The van der Waals surface area contributed by atoms with Crippen LogP contribution in [0.5, 0.6) is 0 Å². The molecular weight excluding hydrogens is 465 g/mol. The van der Waals surface area contributed by atoms with Crippen molar-refractivity contribution >= 4 is 45.2 Å². The number of carbonyl (C=O) groups is 1. The molecule has 37 heavy (non-hydrogen) atoms. The molecule has 6 nitrogen and oxygen atoms in total. The number of aryl methyl sites for hydroxylation is 1. The van der Waals surface area contributed by atoms with Gasteiger partial charge in [0.25, 0.3) is 5.91 Å². The standard InChI is InChI=1S/C28H22FN5O.C2H6/c1-18-5-7-23(32-21-9-12-30-13-10-21)17-27(18)34-28(35)19-3-2-4-22(15-19)33-26-11-14-31-25-8-6-20(29)16-24(25)26;1-2/h2-17H,1H3,(H,30,32)(H,31,33)(H,34,35);1-2H3. The lowest BCUT2D eigenvalue weighted by Gasteiger charge is -2.13. The van der Waals surface area contributed by atoms with Gasteiger partial charge < -0.3 is 16.0 Å². The molecule has 0 unspecified atom stereocenters. The third-order valence-electron chi connectivity index (χ3n) is 5.56. The van der Waals surface area contributed by atoms with Crippen molar-refractivity contribution in [1.82, 2.24) is 9.97 Å². The van der Waals surface area contributed by atoms with Crippen LogP contribution < -0.4 is 16.0 Å². The van der Waals surface area contributed by atoms with Gasteiger partial charge in [0, 0.05) is 58.0 Å².